The number of hydrogen-bond acceptors (Lipinski definition) is 7. The molecule has 2 unspecified atom stereocenters. The zero-order valence-corrected chi connectivity index (χ0v) is 17.6. The molecule has 2 atom stereocenters. The van der Waals surface area contributed by atoms with Crippen LogP contribution in [0.3, 0.4) is 0 Å². The van der Waals surface area contributed by atoms with Gasteiger partial charge in [0, 0.05) is 16.6 Å². The summed E-state index contributed by atoms with van der Waals surface area (Å²) in [6, 6.07) is 7.94. The van der Waals surface area contributed by atoms with E-state index < -0.39 is 36.2 Å². The van der Waals surface area contributed by atoms with Gasteiger partial charge >= 0.3 is 5.97 Å². The molecule has 0 radical (unpaired) electrons. The van der Waals surface area contributed by atoms with E-state index in [-0.39, 0.29) is 5.92 Å². The molecule has 0 aliphatic carbocycles. The van der Waals surface area contributed by atoms with Crippen LogP contribution in [0.4, 0.5) is 0 Å². The number of ketones is 1. The SMILES string of the molecule is Cc1ccc(C(=O)NC(C(=O)OCC(=O)C(C#N)c2nc(C)cs2)C(C)C)cc1. The van der Waals surface area contributed by atoms with Crippen LogP contribution < -0.4 is 5.32 Å². The number of amides is 1. The molecule has 0 saturated carbocycles. The van der Waals surface area contributed by atoms with Crippen molar-refractivity contribution >= 4 is 29.0 Å². The van der Waals surface area contributed by atoms with Crippen molar-refractivity contribution in [2.75, 3.05) is 6.61 Å². The topological polar surface area (TPSA) is 109 Å². The van der Waals surface area contributed by atoms with E-state index >= 15 is 0 Å². The second-order valence-corrected chi connectivity index (χ2v) is 7.91. The lowest BCUT2D eigenvalue weighted by atomic mass is 10.0. The number of thiazole rings is 1. The number of aryl methyl sites for hydroxylation is 2. The van der Waals surface area contributed by atoms with E-state index in [4.69, 9.17) is 4.74 Å². The number of nitrogens with one attached hydrogen (secondary N) is 1. The fourth-order valence-electron chi connectivity index (χ4n) is 2.51. The molecule has 2 rings (SSSR count). The average Bonchev–Trinajstić information content (AvgIpc) is 3.10. The highest BCUT2D eigenvalue weighted by Crippen LogP contribution is 2.21. The van der Waals surface area contributed by atoms with Gasteiger partial charge in [-0.15, -0.1) is 11.3 Å². The van der Waals surface area contributed by atoms with Crippen LogP contribution in [-0.4, -0.2) is 35.3 Å². The maximum Gasteiger partial charge on any atom is 0.329 e. The van der Waals surface area contributed by atoms with Crippen LogP contribution >= 0.6 is 11.3 Å². The van der Waals surface area contributed by atoms with Crippen molar-refractivity contribution in [2.45, 2.75) is 39.7 Å². The summed E-state index contributed by atoms with van der Waals surface area (Å²) in [6.07, 6.45) is 0. The molecular weight excluding hydrogens is 390 g/mol. The van der Waals surface area contributed by atoms with Crippen molar-refractivity contribution < 1.29 is 19.1 Å². The van der Waals surface area contributed by atoms with E-state index in [1.807, 2.05) is 13.0 Å². The molecule has 2 aromatic rings. The second kappa shape index (κ2) is 9.94. The first-order chi connectivity index (χ1) is 13.7. The van der Waals surface area contributed by atoms with Gasteiger partial charge in [-0.2, -0.15) is 5.26 Å². The van der Waals surface area contributed by atoms with Crippen LogP contribution in [0.1, 0.15) is 46.4 Å². The van der Waals surface area contributed by atoms with E-state index in [9.17, 15) is 19.6 Å². The van der Waals surface area contributed by atoms with Crippen LogP contribution in [0.5, 0.6) is 0 Å². The average molecular weight is 413 g/mol. The highest BCUT2D eigenvalue weighted by molar-refractivity contribution is 7.09. The first-order valence-corrected chi connectivity index (χ1v) is 9.99. The number of carbonyl (C=O) groups excluding carboxylic acids is 3. The molecule has 7 nitrogen and oxygen atoms in total. The fourth-order valence-corrected chi connectivity index (χ4v) is 3.37. The van der Waals surface area contributed by atoms with Crippen molar-refractivity contribution in [3.8, 4) is 6.07 Å². The van der Waals surface area contributed by atoms with Gasteiger partial charge in [0.25, 0.3) is 5.91 Å². The maximum absolute atomic E-state index is 12.5. The fraction of sp³-hybridized carbons (Fsp3) is 0.381. The molecule has 1 heterocycles. The number of rotatable bonds is 8. The smallest absolute Gasteiger partial charge is 0.329 e. The summed E-state index contributed by atoms with van der Waals surface area (Å²) in [4.78, 5) is 41.4. The van der Waals surface area contributed by atoms with Gasteiger partial charge in [-0.05, 0) is 31.9 Å². The van der Waals surface area contributed by atoms with Crippen molar-refractivity contribution in [3.63, 3.8) is 0 Å². The molecule has 1 aromatic carbocycles. The van der Waals surface area contributed by atoms with Gasteiger partial charge in [0.1, 0.15) is 11.0 Å². The van der Waals surface area contributed by atoms with Crippen LogP contribution in [-0.2, 0) is 14.3 Å². The monoisotopic (exact) mass is 413 g/mol. The Morgan fingerprint density at radius 2 is 1.86 bits per heavy atom. The summed E-state index contributed by atoms with van der Waals surface area (Å²) in [5.41, 5.74) is 2.16. The van der Waals surface area contributed by atoms with Crippen molar-refractivity contribution in [2.24, 2.45) is 5.92 Å². The largest absolute Gasteiger partial charge is 0.456 e. The number of nitrogens with zero attached hydrogens (tertiary/aromatic N) is 2. The second-order valence-electron chi connectivity index (χ2n) is 7.02. The molecule has 0 spiro atoms. The van der Waals surface area contributed by atoms with Gasteiger partial charge in [-0.3, -0.25) is 9.59 Å². The van der Waals surface area contributed by atoms with E-state index in [1.54, 1.807) is 50.4 Å². The van der Waals surface area contributed by atoms with Crippen molar-refractivity contribution in [1.82, 2.24) is 10.3 Å². The predicted octanol–water partition coefficient (Wildman–Crippen LogP) is 2.93. The Labute approximate surface area is 173 Å². The molecule has 1 amide bonds. The summed E-state index contributed by atoms with van der Waals surface area (Å²) >= 11 is 1.21. The van der Waals surface area contributed by atoms with Crippen molar-refractivity contribution in [3.05, 3.63) is 51.5 Å². The molecule has 0 bridgehead atoms. The van der Waals surface area contributed by atoms with E-state index in [1.165, 1.54) is 11.3 Å². The number of esters is 1. The minimum atomic E-state index is -1.08. The molecule has 1 aromatic heterocycles. The Bertz CT molecular complexity index is 928. The number of benzene rings is 1. The highest BCUT2D eigenvalue weighted by atomic mass is 32.1. The lowest BCUT2D eigenvalue weighted by Gasteiger charge is -2.21. The van der Waals surface area contributed by atoms with Gasteiger partial charge in [0.2, 0.25) is 0 Å². The van der Waals surface area contributed by atoms with Gasteiger partial charge in [-0.1, -0.05) is 31.5 Å². The van der Waals surface area contributed by atoms with Gasteiger partial charge in [0.15, 0.2) is 18.3 Å². The Morgan fingerprint density at radius 3 is 2.38 bits per heavy atom. The third-order valence-corrected chi connectivity index (χ3v) is 5.24. The van der Waals surface area contributed by atoms with E-state index in [0.29, 0.717) is 16.3 Å². The first kappa shape index (κ1) is 22.2. The van der Waals surface area contributed by atoms with Gasteiger partial charge in [-0.25, -0.2) is 9.78 Å². The number of hydrogen-bond donors (Lipinski definition) is 1. The van der Waals surface area contributed by atoms with Crippen LogP contribution in [0.15, 0.2) is 29.6 Å². The first-order valence-electron chi connectivity index (χ1n) is 9.11. The highest BCUT2D eigenvalue weighted by Gasteiger charge is 2.29. The summed E-state index contributed by atoms with van der Waals surface area (Å²) in [5, 5.41) is 14.1. The number of ether oxygens (including phenoxy) is 1. The third kappa shape index (κ3) is 5.96. The zero-order chi connectivity index (χ0) is 21.6. The van der Waals surface area contributed by atoms with Gasteiger partial charge in [0.05, 0.1) is 6.07 Å². The van der Waals surface area contributed by atoms with Crippen molar-refractivity contribution in [1.29, 1.82) is 5.26 Å². The summed E-state index contributed by atoms with van der Waals surface area (Å²) < 4.78 is 5.12. The molecule has 0 saturated heterocycles. The molecular formula is C21H23N3O4S. The van der Waals surface area contributed by atoms with Crippen LogP contribution in [0.2, 0.25) is 0 Å². The molecule has 0 aliphatic rings. The van der Waals surface area contributed by atoms with Crippen LogP contribution in [0, 0.1) is 31.1 Å². The maximum atomic E-state index is 12.5. The summed E-state index contributed by atoms with van der Waals surface area (Å²) in [5.74, 6) is -3.01. The molecule has 8 heteroatoms. The number of Topliss-reactive ketones (excluding diaryl/α,β-unsaturated/α-hetero) is 1. The lowest BCUT2D eigenvalue weighted by molar-refractivity contribution is -0.151. The predicted molar refractivity (Wildman–Crippen MR) is 108 cm³/mol. The van der Waals surface area contributed by atoms with Gasteiger partial charge < -0.3 is 10.1 Å². The van der Waals surface area contributed by atoms with E-state index in [2.05, 4.69) is 10.3 Å². The zero-order valence-electron chi connectivity index (χ0n) is 16.8. The quantitative estimate of drug-likeness (QED) is 0.667. The number of nitriles is 1. The number of carbonyl (C=O) groups is 3. The minimum absolute atomic E-state index is 0.250. The molecule has 1 N–H and O–H groups in total. The van der Waals surface area contributed by atoms with E-state index in [0.717, 1.165) is 5.56 Å². The van der Waals surface area contributed by atoms with Crippen LogP contribution in [0.25, 0.3) is 0 Å². The Hall–Kier alpha value is -3.05. The third-order valence-electron chi connectivity index (χ3n) is 4.21. The summed E-state index contributed by atoms with van der Waals surface area (Å²) in [6.45, 7) is 6.65. The standard InChI is InChI=1S/C21H23N3O4S/c1-12(2)18(24-19(26)15-7-5-13(3)6-8-15)21(27)28-10-17(25)16(9-22)20-23-14(4)11-29-20/h5-8,11-12,16,18H,10H2,1-4H3,(H,24,26). The molecule has 0 fully saturated rings. The minimum Gasteiger partial charge on any atom is -0.456 e. The Balaban J connectivity index is 2.00. The Kier molecular flexibility index (Phi) is 7.62. The molecule has 29 heavy (non-hydrogen) atoms. The lowest BCUT2D eigenvalue weighted by Crippen LogP contribution is -2.45. The molecule has 152 valence electrons. The number of aromatic nitrogens is 1. The Morgan fingerprint density at radius 1 is 1.21 bits per heavy atom. The summed E-state index contributed by atoms with van der Waals surface area (Å²) in [7, 11) is 0. The normalized spacial score (nSPS) is 12.7. The molecule has 0 aliphatic heterocycles.